The van der Waals surface area contributed by atoms with E-state index in [1.54, 1.807) is 0 Å². The van der Waals surface area contributed by atoms with E-state index >= 15 is 0 Å². The maximum atomic E-state index is 13.2. The molecule has 5 heteroatoms. The molecule has 1 saturated heterocycles. The van der Waals surface area contributed by atoms with Crippen LogP contribution < -0.4 is 0 Å². The molecular formula is C20H24O5. The zero-order valence-electron chi connectivity index (χ0n) is 14.9. The number of hydrogen-bond donors (Lipinski definition) is 1. The molecule has 3 aliphatic carbocycles. The summed E-state index contributed by atoms with van der Waals surface area (Å²) in [5, 5.41) is 11.9. The summed E-state index contributed by atoms with van der Waals surface area (Å²) in [5.74, 6) is -0.0720. The smallest absolute Gasteiger partial charge is 0.334 e. The number of epoxide rings is 1. The monoisotopic (exact) mass is 344 g/mol. The van der Waals surface area contributed by atoms with Gasteiger partial charge in [-0.15, -0.1) is 0 Å². The molecule has 2 fully saturated rings. The molecule has 0 aromatic rings. The van der Waals surface area contributed by atoms with E-state index in [0.29, 0.717) is 32.3 Å². The normalized spacial score (nSPS) is 47.6. The fourth-order valence-electron chi connectivity index (χ4n) is 6.10. The molecule has 5 atom stereocenters. The van der Waals surface area contributed by atoms with Gasteiger partial charge in [0.25, 0.3) is 0 Å². The number of cyclic esters (lactones) is 1. The predicted molar refractivity (Wildman–Crippen MR) is 88.5 cm³/mol. The Labute approximate surface area is 147 Å². The standard InChI is InChI=1S/C20H24O5/c1-10(2)11-5-7-19(23)18(3)6-4-12-13(9-24-17(12)22)14(18)8-15-20(19,25-15)16(11)21/h5,10,14-15,23H,4,6-9H2,1-3H3/t14?,15-,18-,19+,20+/m0/s1. The molecule has 1 saturated carbocycles. The van der Waals surface area contributed by atoms with E-state index in [4.69, 9.17) is 9.47 Å². The number of rotatable bonds is 1. The van der Waals surface area contributed by atoms with Crippen LogP contribution in [0, 0.1) is 17.3 Å². The number of esters is 1. The Balaban J connectivity index is 1.64. The topological polar surface area (TPSA) is 76.1 Å². The van der Waals surface area contributed by atoms with Crippen LogP contribution in [0.15, 0.2) is 22.8 Å². The molecule has 2 heterocycles. The number of carbonyl (C=O) groups is 2. The van der Waals surface area contributed by atoms with Gasteiger partial charge in [0.05, 0.1) is 6.10 Å². The van der Waals surface area contributed by atoms with Gasteiger partial charge in [0.2, 0.25) is 0 Å². The van der Waals surface area contributed by atoms with E-state index in [-0.39, 0.29) is 29.7 Å². The van der Waals surface area contributed by atoms with Crippen LogP contribution in [0.3, 0.4) is 0 Å². The first-order valence-electron chi connectivity index (χ1n) is 9.30. The Morgan fingerprint density at radius 3 is 2.80 bits per heavy atom. The Kier molecular flexibility index (Phi) is 2.80. The minimum Gasteiger partial charge on any atom is -0.458 e. The molecule has 2 aliphatic heterocycles. The lowest BCUT2D eigenvalue weighted by molar-refractivity contribution is -0.174. The highest BCUT2D eigenvalue weighted by Gasteiger charge is 2.83. The van der Waals surface area contributed by atoms with Gasteiger partial charge in [-0.1, -0.05) is 26.8 Å². The lowest BCUT2D eigenvalue weighted by atomic mass is 9.46. The second kappa shape index (κ2) is 4.44. The zero-order chi connectivity index (χ0) is 17.8. The molecule has 0 aromatic heterocycles. The van der Waals surface area contributed by atoms with Crippen molar-refractivity contribution in [3.8, 4) is 0 Å². The zero-order valence-corrected chi connectivity index (χ0v) is 14.9. The van der Waals surface area contributed by atoms with Crippen LogP contribution in [0.4, 0.5) is 0 Å². The quantitative estimate of drug-likeness (QED) is 0.582. The molecule has 5 aliphatic rings. The molecule has 5 nitrogen and oxygen atoms in total. The van der Waals surface area contributed by atoms with Crippen LogP contribution in [0.5, 0.6) is 0 Å². The van der Waals surface area contributed by atoms with E-state index in [0.717, 1.165) is 16.7 Å². The minimum atomic E-state index is -1.22. The number of fused-ring (bicyclic) bond motifs is 3. The molecule has 1 N–H and O–H groups in total. The van der Waals surface area contributed by atoms with Crippen molar-refractivity contribution in [3.05, 3.63) is 22.8 Å². The van der Waals surface area contributed by atoms with Crippen molar-refractivity contribution in [3.63, 3.8) is 0 Å². The molecular weight excluding hydrogens is 320 g/mol. The molecule has 0 radical (unpaired) electrons. The first kappa shape index (κ1) is 15.8. The van der Waals surface area contributed by atoms with Gasteiger partial charge in [0.15, 0.2) is 11.4 Å². The molecule has 1 spiro atoms. The minimum absolute atomic E-state index is 0.0283. The van der Waals surface area contributed by atoms with Crippen molar-refractivity contribution >= 4 is 11.8 Å². The van der Waals surface area contributed by atoms with Crippen LogP contribution in [0.1, 0.15) is 46.5 Å². The third kappa shape index (κ3) is 1.54. The summed E-state index contributed by atoms with van der Waals surface area (Å²) < 4.78 is 11.3. The Hall–Kier alpha value is -1.46. The first-order chi connectivity index (χ1) is 11.8. The van der Waals surface area contributed by atoms with Gasteiger partial charge in [-0.3, -0.25) is 4.79 Å². The van der Waals surface area contributed by atoms with Crippen molar-refractivity contribution in [2.75, 3.05) is 6.61 Å². The number of ether oxygens (including phenoxy) is 2. The SMILES string of the molecule is CC(C)C1=CC[C@@]2(O)[C@@]3(C)CCC4=C(COC4=O)C3C[C@@H]3O[C@@]32C1=O. The first-order valence-corrected chi connectivity index (χ1v) is 9.30. The van der Waals surface area contributed by atoms with E-state index in [9.17, 15) is 14.7 Å². The van der Waals surface area contributed by atoms with Gasteiger partial charge in [-0.2, -0.15) is 0 Å². The van der Waals surface area contributed by atoms with Gasteiger partial charge < -0.3 is 14.6 Å². The number of aliphatic hydroxyl groups is 1. The molecule has 25 heavy (non-hydrogen) atoms. The second-order valence-corrected chi connectivity index (χ2v) is 8.84. The van der Waals surface area contributed by atoms with Crippen LogP contribution in [-0.4, -0.2) is 40.8 Å². The summed E-state index contributed by atoms with van der Waals surface area (Å²) in [5.41, 5.74) is -0.172. The highest BCUT2D eigenvalue weighted by Crippen LogP contribution is 2.70. The molecule has 0 aromatic carbocycles. The third-order valence-electron chi connectivity index (χ3n) is 7.65. The van der Waals surface area contributed by atoms with Gasteiger partial charge >= 0.3 is 5.97 Å². The Morgan fingerprint density at radius 2 is 2.08 bits per heavy atom. The molecule has 0 amide bonds. The largest absolute Gasteiger partial charge is 0.458 e. The summed E-state index contributed by atoms with van der Waals surface area (Å²) in [6.07, 6.45) is 4.08. The van der Waals surface area contributed by atoms with Crippen LogP contribution in [0.2, 0.25) is 0 Å². The van der Waals surface area contributed by atoms with Gasteiger partial charge in [-0.05, 0) is 48.7 Å². The van der Waals surface area contributed by atoms with Crippen molar-refractivity contribution in [2.24, 2.45) is 17.3 Å². The average molecular weight is 344 g/mol. The average Bonchev–Trinajstić information content (AvgIpc) is 3.17. The third-order valence-corrected chi connectivity index (χ3v) is 7.65. The highest BCUT2D eigenvalue weighted by molar-refractivity contribution is 6.07. The maximum Gasteiger partial charge on any atom is 0.334 e. The number of ketones is 1. The van der Waals surface area contributed by atoms with Crippen molar-refractivity contribution < 1.29 is 24.2 Å². The fourth-order valence-corrected chi connectivity index (χ4v) is 6.10. The Morgan fingerprint density at radius 1 is 1.32 bits per heavy atom. The predicted octanol–water partition coefficient (Wildman–Crippen LogP) is 2.08. The molecule has 5 rings (SSSR count). The van der Waals surface area contributed by atoms with Crippen molar-refractivity contribution in [1.82, 2.24) is 0 Å². The molecule has 134 valence electrons. The summed E-state index contributed by atoms with van der Waals surface area (Å²) in [4.78, 5) is 25.2. The van der Waals surface area contributed by atoms with Gasteiger partial charge in [0, 0.05) is 11.0 Å². The van der Waals surface area contributed by atoms with E-state index < -0.39 is 16.6 Å². The van der Waals surface area contributed by atoms with Gasteiger partial charge in [-0.25, -0.2) is 4.79 Å². The van der Waals surface area contributed by atoms with Crippen molar-refractivity contribution in [2.45, 2.75) is 63.8 Å². The van der Waals surface area contributed by atoms with E-state index in [1.165, 1.54) is 0 Å². The number of hydrogen-bond acceptors (Lipinski definition) is 5. The summed E-state index contributed by atoms with van der Waals surface area (Å²) >= 11 is 0. The maximum absolute atomic E-state index is 13.2. The highest BCUT2D eigenvalue weighted by atomic mass is 16.6. The summed E-state index contributed by atoms with van der Waals surface area (Å²) in [6, 6.07) is 0. The lowest BCUT2D eigenvalue weighted by Gasteiger charge is -2.57. The van der Waals surface area contributed by atoms with Crippen LogP contribution in [-0.2, 0) is 19.1 Å². The van der Waals surface area contributed by atoms with E-state index in [1.807, 2.05) is 19.9 Å². The molecule has 1 unspecified atom stereocenters. The fraction of sp³-hybridized carbons (Fsp3) is 0.700. The lowest BCUT2D eigenvalue weighted by Crippen LogP contribution is -2.68. The number of carbonyl (C=O) groups excluding carboxylic acids is 2. The number of Topliss-reactive ketones (excluding diaryl/α,β-unsaturated/α-hetero) is 1. The Bertz CT molecular complexity index is 777. The molecule has 0 bridgehead atoms. The van der Waals surface area contributed by atoms with E-state index in [2.05, 4.69) is 6.92 Å². The summed E-state index contributed by atoms with van der Waals surface area (Å²) in [7, 11) is 0. The summed E-state index contributed by atoms with van der Waals surface area (Å²) in [6.45, 7) is 6.42. The van der Waals surface area contributed by atoms with Crippen LogP contribution in [0.25, 0.3) is 0 Å². The van der Waals surface area contributed by atoms with Crippen molar-refractivity contribution in [1.29, 1.82) is 0 Å². The second-order valence-electron chi connectivity index (χ2n) is 8.84. The van der Waals surface area contributed by atoms with Crippen LogP contribution >= 0.6 is 0 Å². The van der Waals surface area contributed by atoms with Gasteiger partial charge in [0.1, 0.15) is 12.2 Å².